The van der Waals surface area contributed by atoms with Gasteiger partial charge in [0.15, 0.2) is 6.79 Å². The van der Waals surface area contributed by atoms with Gasteiger partial charge in [0.05, 0.1) is 5.56 Å². The fourth-order valence-corrected chi connectivity index (χ4v) is 2.26. The molecule has 0 saturated carbocycles. The van der Waals surface area contributed by atoms with Crippen molar-refractivity contribution in [1.29, 1.82) is 0 Å². The minimum absolute atomic E-state index is 0.189. The molecule has 0 aromatic heterocycles. The molecule has 0 saturated heterocycles. The lowest BCUT2D eigenvalue weighted by atomic mass is 9.95. The lowest BCUT2D eigenvalue weighted by molar-refractivity contribution is 0.0507. The zero-order valence-corrected chi connectivity index (χ0v) is 12.1. The molecule has 2 rings (SSSR count). The van der Waals surface area contributed by atoms with E-state index in [1.807, 2.05) is 19.9 Å². The molecule has 0 bridgehead atoms. The summed E-state index contributed by atoms with van der Waals surface area (Å²) >= 11 is 0. The molecule has 3 heteroatoms. The number of ether oxygens (including phenoxy) is 2. The van der Waals surface area contributed by atoms with Gasteiger partial charge in [-0.3, -0.25) is 0 Å². The lowest BCUT2D eigenvalue weighted by Crippen LogP contribution is -2.02. The highest BCUT2D eigenvalue weighted by Gasteiger charge is 2.13. The number of aryl methyl sites for hydroxylation is 1. The summed E-state index contributed by atoms with van der Waals surface area (Å²) < 4.78 is 24.5. The highest BCUT2D eigenvalue weighted by atomic mass is 19.1. The van der Waals surface area contributed by atoms with E-state index >= 15 is 0 Å². The molecule has 0 aliphatic rings. The Morgan fingerprint density at radius 3 is 2.60 bits per heavy atom. The molecule has 0 aliphatic carbocycles. The molecular weight excluding hydrogens is 255 g/mol. The summed E-state index contributed by atoms with van der Waals surface area (Å²) in [5.41, 5.74) is 2.40. The van der Waals surface area contributed by atoms with Crippen molar-refractivity contribution in [2.45, 2.75) is 20.8 Å². The summed E-state index contributed by atoms with van der Waals surface area (Å²) in [7, 11) is 1.58. The number of methoxy groups -OCH3 is 1. The smallest absolute Gasteiger partial charge is 0.188 e. The molecule has 0 aliphatic heterocycles. The molecule has 0 unspecified atom stereocenters. The molecule has 0 spiro atoms. The van der Waals surface area contributed by atoms with Crippen LogP contribution in [0.25, 0.3) is 10.8 Å². The SMILES string of the molecule is CC#Cc1c(F)ccc2cc(OCOC)c(C)c(C)c12. The Morgan fingerprint density at radius 1 is 1.20 bits per heavy atom. The van der Waals surface area contributed by atoms with Crippen molar-refractivity contribution in [2.24, 2.45) is 0 Å². The van der Waals surface area contributed by atoms with Crippen molar-refractivity contribution in [3.8, 4) is 17.6 Å². The van der Waals surface area contributed by atoms with Crippen molar-refractivity contribution in [3.63, 3.8) is 0 Å². The van der Waals surface area contributed by atoms with Crippen LogP contribution in [0, 0.1) is 31.5 Å². The van der Waals surface area contributed by atoms with Crippen LogP contribution in [-0.2, 0) is 4.74 Å². The average molecular weight is 272 g/mol. The van der Waals surface area contributed by atoms with E-state index in [1.54, 1.807) is 20.1 Å². The maximum absolute atomic E-state index is 14.0. The summed E-state index contributed by atoms with van der Waals surface area (Å²) in [6, 6.07) is 5.09. The Morgan fingerprint density at radius 2 is 1.95 bits per heavy atom. The maximum atomic E-state index is 14.0. The number of halogens is 1. The van der Waals surface area contributed by atoms with Crippen molar-refractivity contribution in [2.75, 3.05) is 13.9 Å². The standard InChI is InChI=1S/C17H17FO2/c1-5-6-14-15(18)8-7-13-9-16(20-10-19-4)11(2)12(3)17(13)14/h7-9H,10H2,1-4H3. The van der Waals surface area contributed by atoms with Crippen LogP contribution in [0.1, 0.15) is 23.6 Å². The van der Waals surface area contributed by atoms with Gasteiger partial charge in [-0.2, -0.15) is 0 Å². The summed E-state index contributed by atoms with van der Waals surface area (Å²) in [6.07, 6.45) is 0. The number of benzene rings is 2. The Hall–Kier alpha value is -2.05. The molecule has 2 aromatic carbocycles. The molecule has 2 aromatic rings. The van der Waals surface area contributed by atoms with E-state index in [0.717, 1.165) is 27.6 Å². The van der Waals surface area contributed by atoms with Gasteiger partial charge in [-0.1, -0.05) is 12.0 Å². The molecule has 0 heterocycles. The van der Waals surface area contributed by atoms with E-state index in [-0.39, 0.29) is 12.6 Å². The van der Waals surface area contributed by atoms with Crippen molar-refractivity contribution in [1.82, 2.24) is 0 Å². The Kier molecular flexibility index (Phi) is 4.26. The van der Waals surface area contributed by atoms with Crippen LogP contribution in [0.15, 0.2) is 18.2 Å². The first-order chi connectivity index (χ1) is 9.60. The number of fused-ring (bicyclic) bond motifs is 1. The molecular formula is C17H17FO2. The third kappa shape index (κ3) is 2.48. The maximum Gasteiger partial charge on any atom is 0.188 e. The van der Waals surface area contributed by atoms with Gasteiger partial charge in [0.1, 0.15) is 11.6 Å². The fraction of sp³-hybridized carbons (Fsp3) is 0.294. The van der Waals surface area contributed by atoms with Crippen molar-refractivity contribution in [3.05, 3.63) is 40.7 Å². The van der Waals surface area contributed by atoms with Gasteiger partial charge < -0.3 is 9.47 Å². The topological polar surface area (TPSA) is 18.5 Å². The molecule has 20 heavy (non-hydrogen) atoms. The van der Waals surface area contributed by atoms with Crippen LogP contribution in [-0.4, -0.2) is 13.9 Å². The Labute approximate surface area is 118 Å². The van der Waals surface area contributed by atoms with E-state index in [1.165, 1.54) is 6.07 Å². The Balaban J connectivity index is 2.74. The summed E-state index contributed by atoms with van der Waals surface area (Å²) in [4.78, 5) is 0. The van der Waals surface area contributed by atoms with Gasteiger partial charge in [0.2, 0.25) is 0 Å². The van der Waals surface area contributed by atoms with Gasteiger partial charge in [-0.05, 0) is 49.4 Å². The number of hydrogen-bond acceptors (Lipinski definition) is 2. The van der Waals surface area contributed by atoms with E-state index < -0.39 is 0 Å². The first kappa shape index (κ1) is 14.4. The van der Waals surface area contributed by atoms with E-state index in [9.17, 15) is 4.39 Å². The number of hydrogen-bond donors (Lipinski definition) is 0. The van der Waals surface area contributed by atoms with E-state index in [2.05, 4.69) is 11.8 Å². The zero-order chi connectivity index (χ0) is 14.7. The van der Waals surface area contributed by atoms with Crippen molar-refractivity contribution >= 4 is 10.8 Å². The minimum atomic E-state index is -0.292. The van der Waals surface area contributed by atoms with Crippen LogP contribution in [0.4, 0.5) is 4.39 Å². The molecule has 0 N–H and O–H groups in total. The fourth-order valence-electron chi connectivity index (χ4n) is 2.26. The third-order valence-corrected chi connectivity index (χ3v) is 3.36. The summed E-state index contributed by atoms with van der Waals surface area (Å²) in [5.74, 6) is 6.09. The first-order valence-electron chi connectivity index (χ1n) is 6.37. The molecule has 0 radical (unpaired) electrons. The van der Waals surface area contributed by atoms with Crippen molar-refractivity contribution < 1.29 is 13.9 Å². The molecule has 2 nitrogen and oxygen atoms in total. The molecule has 0 atom stereocenters. The van der Waals surface area contributed by atoms with E-state index in [0.29, 0.717) is 5.56 Å². The quantitative estimate of drug-likeness (QED) is 0.622. The van der Waals surface area contributed by atoms with Gasteiger partial charge in [-0.25, -0.2) is 4.39 Å². The van der Waals surface area contributed by atoms with Crippen LogP contribution in [0.5, 0.6) is 5.75 Å². The third-order valence-electron chi connectivity index (χ3n) is 3.36. The van der Waals surface area contributed by atoms with Gasteiger partial charge in [0, 0.05) is 12.5 Å². The predicted molar refractivity (Wildman–Crippen MR) is 78.4 cm³/mol. The monoisotopic (exact) mass is 272 g/mol. The molecule has 104 valence electrons. The second-order valence-corrected chi connectivity index (χ2v) is 4.57. The highest BCUT2D eigenvalue weighted by Crippen LogP contribution is 2.33. The first-order valence-corrected chi connectivity index (χ1v) is 6.37. The largest absolute Gasteiger partial charge is 0.467 e. The van der Waals surface area contributed by atoms with Crippen LogP contribution in [0.3, 0.4) is 0 Å². The highest BCUT2D eigenvalue weighted by molar-refractivity contribution is 5.93. The second kappa shape index (κ2) is 5.94. The lowest BCUT2D eigenvalue weighted by Gasteiger charge is -2.14. The number of rotatable bonds is 3. The van der Waals surface area contributed by atoms with Gasteiger partial charge in [0.25, 0.3) is 0 Å². The molecule has 0 amide bonds. The van der Waals surface area contributed by atoms with E-state index in [4.69, 9.17) is 9.47 Å². The van der Waals surface area contributed by atoms with Gasteiger partial charge in [-0.15, -0.1) is 5.92 Å². The van der Waals surface area contributed by atoms with Crippen LogP contribution < -0.4 is 4.74 Å². The Bertz CT molecular complexity index is 708. The predicted octanol–water partition coefficient (Wildman–Crippen LogP) is 3.95. The summed E-state index contributed by atoms with van der Waals surface area (Å²) in [6.45, 7) is 5.80. The van der Waals surface area contributed by atoms with Crippen LogP contribution >= 0.6 is 0 Å². The second-order valence-electron chi connectivity index (χ2n) is 4.57. The zero-order valence-electron chi connectivity index (χ0n) is 12.1. The molecule has 0 fully saturated rings. The van der Waals surface area contributed by atoms with Gasteiger partial charge >= 0.3 is 0 Å². The minimum Gasteiger partial charge on any atom is -0.467 e. The summed E-state index contributed by atoms with van der Waals surface area (Å²) in [5, 5.41) is 1.76. The van der Waals surface area contributed by atoms with Crippen LogP contribution in [0.2, 0.25) is 0 Å². The average Bonchev–Trinajstić information content (AvgIpc) is 2.44. The normalized spacial score (nSPS) is 10.2.